The van der Waals surface area contributed by atoms with E-state index in [1.54, 1.807) is 10.7 Å². The van der Waals surface area contributed by atoms with E-state index >= 15 is 0 Å². The molecule has 0 fully saturated rings. The van der Waals surface area contributed by atoms with Crippen molar-refractivity contribution in [3.05, 3.63) is 89.4 Å². The van der Waals surface area contributed by atoms with Gasteiger partial charge < -0.3 is 5.32 Å². The van der Waals surface area contributed by atoms with Crippen molar-refractivity contribution in [1.82, 2.24) is 14.8 Å². The van der Waals surface area contributed by atoms with Gasteiger partial charge >= 0.3 is 0 Å². The van der Waals surface area contributed by atoms with Crippen molar-refractivity contribution in [2.75, 3.05) is 5.32 Å². The van der Waals surface area contributed by atoms with E-state index in [0.717, 1.165) is 16.7 Å². The number of halogens is 1. The lowest BCUT2D eigenvalue weighted by atomic mass is 10.2. The number of hydrogen-bond donors (Lipinski definition) is 1. The van der Waals surface area contributed by atoms with E-state index in [0.29, 0.717) is 22.4 Å². The van der Waals surface area contributed by atoms with E-state index in [2.05, 4.69) is 15.4 Å². The van der Waals surface area contributed by atoms with Crippen molar-refractivity contribution >= 4 is 23.2 Å². The van der Waals surface area contributed by atoms with Gasteiger partial charge in [0.1, 0.15) is 6.54 Å². The Hall–Kier alpha value is -3.44. The minimum absolute atomic E-state index is 0.0373. The molecule has 29 heavy (non-hydrogen) atoms. The Balaban J connectivity index is 1.63. The predicted octanol–water partition coefficient (Wildman–Crippen LogP) is 5.21. The molecule has 3 aromatic carbocycles. The van der Waals surface area contributed by atoms with Crippen LogP contribution in [0.15, 0.2) is 78.9 Å². The number of anilines is 1. The summed E-state index contributed by atoms with van der Waals surface area (Å²) in [6.07, 6.45) is 0. The van der Waals surface area contributed by atoms with E-state index < -0.39 is 0 Å². The summed E-state index contributed by atoms with van der Waals surface area (Å²) in [5.74, 6) is 1.02. The lowest BCUT2D eigenvalue weighted by Crippen LogP contribution is -2.20. The molecule has 1 N–H and O–H groups in total. The predicted molar refractivity (Wildman–Crippen MR) is 116 cm³/mol. The molecule has 0 saturated carbocycles. The minimum Gasteiger partial charge on any atom is -0.324 e. The molecule has 6 heteroatoms. The molecule has 0 unspecified atom stereocenters. The fraction of sp³-hybridized carbons (Fsp3) is 0.0870. The van der Waals surface area contributed by atoms with E-state index in [9.17, 15) is 4.79 Å². The van der Waals surface area contributed by atoms with Crippen molar-refractivity contribution in [2.45, 2.75) is 13.5 Å². The van der Waals surface area contributed by atoms with Crippen molar-refractivity contribution in [3.63, 3.8) is 0 Å². The first-order valence-electron chi connectivity index (χ1n) is 9.22. The van der Waals surface area contributed by atoms with Crippen LogP contribution in [0.3, 0.4) is 0 Å². The first-order chi connectivity index (χ1) is 14.1. The molecular weight excluding hydrogens is 384 g/mol. The molecule has 4 aromatic rings. The normalized spacial score (nSPS) is 10.7. The number of aryl methyl sites for hydroxylation is 1. The monoisotopic (exact) mass is 402 g/mol. The van der Waals surface area contributed by atoms with Crippen LogP contribution in [0.2, 0.25) is 5.02 Å². The SMILES string of the molecule is Cc1ccc(NC(=O)Cn2nc(-c3ccccc3)nc2-c2ccccc2)cc1Cl. The van der Waals surface area contributed by atoms with Crippen LogP contribution in [0.4, 0.5) is 5.69 Å². The number of nitrogens with one attached hydrogen (secondary N) is 1. The molecule has 0 atom stereocenters. The molecule has 0 saturated heterocycles. The highest BCUT2D eigenvalue weighted by molar-refractivity contribution is 6.31. The summed E-state index contributed by atoms with van der Waals surface area (Å²) >= 11 is 6.16. The second-order valence-corrected chi connectivity index (χ2v) is 7.07. The van der Waals surface area contributed by atoms with Gasteiger partial charge in [0.2, 0.25) is 5.91 Å². The molecular formula is C23H19ClN4O. The van der Waals surface area contributed by atoms with Gasteiger partial charge in [-0.1, -0.05) is 78.3 Å². The van der Waals surface area contributed by atoms with Crippen LogP contribution in [-0.2, 0) is 11.3 Å². The lowest BCUT2D eigenvalue weighted by molar-refractivity contribution is -0.116. The summed E-state index contributed by atoms with van der Waals surface area (Å²) in [6, 6.07) is 24.9. The Morgan fingerprint density at radius 3 is 2.28 bits per heavy atom. The second-order valence-electron chi connectivity index (χ2n) is 6.66. The third-order valence-electron chi connectivity index (χ3n) is 4.48. The number of aromatic nitrogens is 3. The Bertz CT molecular complexity index is 1140. The summed E-state index contributed by atoms with van der Waals surface area (Å²) in [5.41, 5.74) is 3.40. The van der Waals surface area contributed by atoms with Gasteiger partial charge in [-0.3, -0.25) is 4.79 Å². The minimum atomic E-state index is -0.202. The van der Waals surface area contributed by atoms with Crippen LogP contribution in [-0.4, -0.2) is 20.7 Å². The first-order valence-corrected chi connectivity index (χ1v) is 9.59. The van der Waals surface area contributed by atoms with Gasteiger partial charge in [-0.25, -0.2) is 9.67 Å². The maximum absolute atomic E-state index is 12.7. The maximum atomic E-state index is 12.7. The fourth-order valence-corrected chi connectivity index (χ4v) is 3.15. The van der Waals surface area contributed by atoms with Crippen molar-refractivity contribution in [2.24, 2.45) is 0 Å². The first kappa shape index (κ1) is 18.9. The molecule has 0 aliphatic rings. The van der Waals surface area contributed by atoms with Gasteiger partial charge in [0.15, 0.2) is 11.6 Å². The summed E-state index contributed by atoms with van der Waals surface area (Å²) in [5, 5.41) is 8.07. The second kappa shape index (κ2) is 8.29. The highest BCUT2D eigenvalue weighted by Crippen LogP contribution is 2.23. The maximum Gasteiger partial charge on any atom is 0.246 e. The standard InChI is InChI=1S/C23H19ClN4O/c1-16-12-13-19(14-20(16)24)25-21(29)15-28-23(18-10-6-3-7-11-18)26-22(27-28)17-8-4-2-5-9-17/h2-14H,15H2,1H3,(H,25,29). The number of hydrogen-bond acceptors (Lipinski definition) is 3. The van der Waals surface area contributed by atoms with Crippen molar-refractivity contribution < 1.29 is 4.79 Å². The van der Waals surface area contributed by atoms with Crippen molar-refractivity contribution in [3.8, 4) is 22.8 Å². The van der Waals surface area contributed by atoms with Crippen LogP contribution in [0, 0.1) is 6.92 Å². The molecule has 1 heterocycles. The van der Waals surface area contributed by atoms with E-state index in [4.69, 9.17) is 11.6 Å². The molecule has 0 spiro atoms. The van der Waals surface area contributed by atoms with E-state index in [1.165, 1.54) is 0 Å². The van der Waals surface area contributed by atoms with Gasteiger partial charge in [0.25, 0.3) is 0 Å². The fourth-order valence-electron chi connectivity index (χ4n) is 2.97. The molecule has 4 rings (SSSR count). The van der Waals surface area contributed by atoms with Crippen LogP contribution < -0.4 is 5.32 Å². The Kier molecular flexibility index (Phi) is 5.40. The topological polar surface area (TPSA) is 59.8 Å². The molecule has 0 aliphatic heterocycles. The van der Waals surface area contributed by atoms with E-state index in [-0.39, 0.29) is 12.5 Å². The summed E-state index contributed by atoms with van der Waals surface area (Å²) in [4.78, 5) is 17.4. The Morgan fingerprint density at radius 2 is 1.62 bits per heavy atom. The number of carbonyl (C=O) groups is 1. The van der Waals surface area contributed by atoms with Gasteiger partial charge in [-0.05, 0) is 24.6 Å². The zero-order valence-electron chi connectivity index (χ0n) is 15.8. The van der Waals surface area contributed by atoms with Crippen molar-refractivity contribution in [1.29, 1.82) is 0 Å². The number of benzene rings is 3. The summed E-state index contributed by atoms with van der Waals surface area (Å²) in [7, 11) is 0. The zero-order chi connectivity index (χ0) is 20.2. The van der Waals surface area contributed by atoms with E-state index in [1.807, 2.05) is 79.7 Å². The zero-order valence-corrected chi connectivity index (χ0v) is 16.6. The molecule has 1 amide bonds. The molecule has 5 nitrogen and oxygen atoms in total. The third kappa shape index (κ3) is 4.36. The largest absolute Gasteiger partial charge is 0.324 e. The molecule has 144 valence electrons. The number of carbonyl (C=O) groups excluding carboxylic acids is 1. The third-order valence-corrected chi connectivity index (χ3v) is 4.89. The Labute approximate surface area is 174 Å². The highest BCUT2D eigenvalue weighted by Gasteiger charge is 2.16. The quantitative estimate of drug-likeness (QED) is 0.498. The lowest BCUT2D eigenvalue weighted by Gasteiger charge is -2.08. The average Bonchev–Trinajstić information content (AvgIpc) is 3.16. The van der Waals surface area contributed by atoms with Crippen LogP contribution in [0.25, 0.3) is 22.8 Å². The van der Waals surface area contributed by atoms with Gasteiger partial charge in [0.05, 0.1) is 0 Å². The molecule has 0 bridgehead atoms. The molecule has 0 radical (unpaired) electrons. The van der Waals surface area contributed by atoms with Crippen LogP contribution in [0.5, 0.6) is 0 Å². The van der Waals surface area contributed by atoms with Gasteiger partial charge in [-0.2, -0.15) is 0 Å². The molecule has 1 aromatic heterocycles. The summed E-state index contributed by atoms with van der Waals surface area (Å²) in [6.45, 7) is 1.95. The number of amides is 1. The molecule has 0 aliphatic carbocycles. The Morgan fingerprint density at radius 1 is 0.966 bits per heavy atom. The van der Waals surface area contributed by atoms with Crippen LogP contribution >= 0.6 is 11.6 Å². The average molecular weight is 403 g/mol. The summed E-state index contributed by atoms with van der Waals surface area (Å²) < 4.78 is 1.63. The van der Waals surface area contributed by atoms with Gasteiger partial charge in [0, 0.05) is 21.8 Å². The smallest absolute Gasteiger partial charge is 0.246 e. The van der Waals surface area contributed by atoms with Crippen LogP contribution in [0.1, 0.15) is 5.56 Å². The highest BCUT2D eigenvalue weighted by atomic mass is 35.5. The number of nitrogens with zero attached hydrogens (tertiary/aromatic N) is 3. The van der Waals surface area contributed by atoms with Gasteiger partial charge in [-0.15, -0.1) is 5.10 Å². The number of rotatable bonds is 5.